The largest absolute Gasteiger partial charge is 0.394 e. The third-order valence-corrected chi connectivity index (χ3v) is 2.83. The zero-order valence-corrected chi connectivity index (χ0v) is 9.75. The predicted molar refractivity (Wildman–Crippen MR) is 66.3 cm³/mol. The minimum Gasteiger partial charge on any atom is -0.394 e. The third kappa shape index (κ3) is 2.26. The number of hydrogen-bond donors (Lipinski definition) is 3. The Hall–Kier alpha value is -1.32. The van der Waals surface area contributed by atoms with E-state index in [-0.39, 0.29) is 12.1 Å². The molecule has 0 bridgehead atoms. The van der Waals surface area contributed by atoms with Gasteiger partial charge in [-0.2, -0.15) is 0 Å². The van der Waals surface area contributed by atoms with Crippen LogP contribution in [-0.2, 0) is 6.54 Å². The van der Waals surface area contributed by atoms with E-state index in [1.165, 1.54) is 10.9 Å². The Morgan fingerprint density at radius 3 is 2.81 bits per heavy atom. The van der Waals surface area contributed by atoms with Gasteiger partial charge >= 0.3 is 0 Å². The summed E-state index contributed by atoms with van der Waals surface area (Å²) in [5.41, 5.74) is 2.15. The number of nitrogens with one attached hydrogen (secondary N) is 2. The van der Waals surface area contributed by atoms with E-state index in [0.717, 1.165) is 12.1 Å². The third-order valence-electron chi connectivity index (χ3n) is 2.83. The van der Waals surface area contributed by atoms with Crippen molar-refractivity contribution >= 4 is 10.9 Å². The fraction of sp³-hybridized carbons (Fsp3) is 0.385. The maximum absolute atomic E-state index is 9.17. The molecule has 0 spiro atoms. The average Bonchev–Trinajstić information content (AvgIpc) is 2.70. The Balaban J connectivity index is 2.16. The molecule has 1 aromatic carbocycles. The molecule has 16 heavy (non-hydrogen) atoms. The molecule has 0 saturated carbocycles. The number of H-pyrrole nitrogens is 1. The highest BCUT2D eigenvalue weighted by Crippen LogP contribution is 2.18. The first-order valence-corrected chi connectivity index (χ1v) is 5.53. The van der Waals surface area contributed by atoms with Gasteiger partial charge in [0.15, 0.2) is 0 Å². The van der Waals surface area contributed by atoms with Gasteiger partial charge in [0, 0.05) is 29.2 Å². The lowest BCUT2D eigenvalue weighted by Crippen LogP contribution is -2.42. The normalized spacial score (nSPS) is 12.2. The monoisotopic (exact) mass is 218 g/mol. The number of aliphatic hydroxyl groups is 1. The molecule has 3 N–H and O–H groups in total. The molecule has 1 heterocycles. The van der Waals surface area contributed by atoms with Crippen LogP contribution in [0.5, 0.6) is 0 Å². The molecule has 0 radical (unpaired) electrons. The van der Waals surface area contributed by atoms with Gasteiger partial charge in [0.25, 0.3) is 0 Å². The van der Waals surface area contributed by atoms with Gasteiger partial charge in [-0.05, 0) is 25.5 Å². The van der Waals surface area contributed by atoms with Gasteiger partial charge in [-0.25, -0.2) is 0 Å². The SMILES string of the molecule is CC(C)(CO)NCc1c[nH]c2ccccc12. The summed E-state index contributed by atoms with van der Waals surface area (Å²) in [7, 11) is 0. The van der Waals surface area contributed by atoms with Gasteiger partial charge in [0.05, 0.1) is 6.61 Å². The summed E-state index contributed by atoms with van der Waals surface area (Å²) >= 11 is 0. The minimum absolute atomic E-state index is 0.134. The molecular formula is C13H18N2O. The summed E-state index contributed by atoms with van der Waals surface area (Å²) in [6.07, 6.45) is 2.02. The first-order valence-electron chi connectivity index (χ1n) is 5.53. The van der Waals surface area contributed by atoms with Gasteiger partial charge in [-0.1, -0.05) is 18.2 Å². The minimum atomic E-state index is -0.238. The molecule has 0 aliphatic carbocycles. The Kier molecular flexibility index (Phi) is 2.99. The summed E-state index contributed by atoms with van der Waals surface area (Å²) in [5, 5.41) is 13.7. The van der Waals surface area contributed by atoms with E-state index in [9.17, 15) is 0 Å². The Morgan fingerprint density at radius 2 is 2.06 bits per heavy atom. The maximum atomic E-state index is 9.17. The maximum Gasteiger partial charge on any atom is 0.0607 e. The van der Waals surface area contributed by atoms with Gasteiger partial charge in [0.2, 0.25) is 0 Å². The summed E-state index contributed by atoms with van der Waals surface area (Å²) in [4.78, 5) is 3.24. The molecule has 3 heteroatoms. The second kappa shape index (κ2) is 4.28. The molecule has 0 aliphatic heterocycles. The van der Waals surface area contributed by atoms with Crippen molar-refractivity contribution in [3.8, 4) is 0 Å². The lowest BCUT2D eigenvalue weighted by Gasteiger charge is -2.23. The number of para-hydroxylation sites is 1. The predicted octanol–water partition coefficient (Wildman–Crippen LogP) is 2.03. The first kappa shape index (κ1) is 11.2. The quantitative estimate of drug-likeness (QED) is 0.735. The summed E-state index contributed by atoms with van der Waals surface area (Å²) in [5.74, 6) is 0. The van der Waals surface area contributed by atoms with Crippen LogP contribution in [0.3, 0.4) is 0 Å². The number of aliphatic hydroxyl groups excluding tert-OH is 1. The topological polar surface area (TPSA) is 48.0 Å². The van der Waals surface area contributed by atoms with Crippen molar-refractivity contribution in [2.75, 3.05) is 6.61 Å². The highest BCUT2D eigenvalue weighted by Gasteiger charge is 2.15. The summed E-state index contributed by atoms with van der Waals surface area (Å²) in [6, 6.07) is 8.23. The first-order chi connectivity index (χ1) is 7.62. The molecular weight excluding hydrogens is 200 g/mol. The van der Waals surface area contributed by atoms with Crippen LogP contribution in [-0.4, -0.2) is 22.2 Å². The fourth-order valence-electron chi connectivity index (χ4n) is 1.67. The molecule has 86 valence electrons. The van der Waals surface area contributed by atoms with Crippen LogP contribution in [0.4, 0.5) is 0 Å². The highest BCUT2D eigenvalue weighted by molar-refractivity contribution is 5.82. The smallest absolute Gasteiger partial charge is 0.0607 e. The van der Waals surface area contributed by atoms with Crippen molar-refractivity contribution in [1.82, 2.24) is 10.3 Å². The molecule has 2 aromatic rings. The number of rotatable bonds is 4. The Morgan fingerprint density at radius 1 is 1.31 bits per heavy atom. The Bertz CT molecular complexity index is 473. The number of aromatic amines is 1. The van der Waals surface area contributed by atoms with E-state index in [1.54, 1.807) is 0 Å². The Labute approximate surface area is 95.5 Å². The van der Waals surface area contributed by atoms with Crippen LogP contribution < -0.4 is 5.32 Å². The molecule has 3 nitrogen and oxygen atoms in total. The van der Waals surface area contributed by atoms with E-state index >= 15 is 0 Å². The molecule has 0 unspecified atom stereocenters. The average molecular weight is 218 g/mol. The van der Waals surface area contributed by atoms with E-state index in [4.69, 9.17) is 5.11 Å². The van der Waals surface area contributed by atoms with Crippen molar-refractivity contribution in [1.29, 1.82) is 0 Å². The molecule has 0 amide bonds. The molecule has 0 saturated heterocycles. The van der Waals surface area contributed by atoms with Crippen LogP contribution in [0, 0.1) is 0 Å². The molecule has 0 aliphatic rings. The van der Waals surface area contributed by atoms with E-state index in [0.29, 0.717) is 0 Å². The van der Waals surface area contributed by atoms with Crippen molar-refractivity contribution in [3.05, 3.63) is 36.0 Å². The van der Waals surface area contributed by atoms with Crippen molar-refractivity contribution < 1.29 is 5.11 Å². The molecule has 2 rings (SSSR count). The van der Waals surface area contributed by atoms with E-state index < -0.39 is 0 Å². The van der Waals surface area contributed by atoms with Gasteiger partial charge in [-0.3, -0.25) is 0 Å². The zero-order valence-electron chi connectivity index (χ0n) is 9.75. The molecule has 0 fully saturated rings. The number of aromatic nitrogens is 1. The highest BCUT2D eigenvalue weighted by atomic mass is 16.3. The van der Waals surface area contributed by atoms with Crippen LogP contribution in [0.25, 0.3) is 10.9 Å². The van der Waals surface area contributed by atoms with Gasteiger partial charge in [0.1, 0.15) is 0 Å². The summed E-state index contributed by atoms with van der Waals surface area (Å²) in [6.45, 7) is 4.87. The lowest BCUT2D eigenvalue weighted by molar-refractivity contribution is 0.187. The van der Waals surface area contributed by atoms with E-state index in [2.05, 4.69) is 22.4 Å². The van der Waals surface area contributed by atoms with Crippen LogP contribution in [0.2, 0.25) is 0 Å². The molecule has 1 aromatic heterocycles. The van der Waals surface area contributed by atoms with Gasteiger partial charge < -0.3 is 15.4 Å². The van der Waals surface area contributed by atoms with Gasteiger partial charge in [-0.15, -0.1) is 0 Å². The standard InChI is InChI=1S/C13H18N2O/c1-13(2,9-16)15-8-10-7-14-12-6-4-3-5-11(10)12/h3-7,14-16H,8-9H2,1-2H3. The van der Waals surface area contributed by atoms with E-state index in [1.807, 2.05) is 32.2 Å². The van der Waals surface area contributed by atoms with Crippen molar-refractivity contribution in [2.24, 2.45) is 0 Å². The van der Waals surface area contributed by atoms with Crippen LogP contribution in [0.1, 0.15) is 19.4 Å². The van der Waals surface area contributed by atoms with Crippen LogP contribution in [0.15, 0.2) is 30.5 Å². The number of hydrogen-bond acceptors (Lipinski definition) is 2. The summed E-state index contributed by atoms with van der Waals surface area (Å²) < 4.78 is 0. The second-order valence-electron chi connectivity index (χ2n) is 4.76. The fourth-order valence-corrected chi connectivity index (χ4v) is 1.67. The molecule has 0 atom stereocenters. The zero-order chi connectivity index (χ0) is 11.6. The number of benzene rings is 1. The number of fused-ring (bicyclic) bond motifs is 1. The van der Waals surface area contributed by atoms with Crippen molar-refractivity contribution in [3.63, 3.8) is 0 Å². The second-order valence-corrected chi connectivity index (χ2v) is 4.76. The lowest BCUT2D eigenvalue weighted by atomic mass is 10.1. The van der Waals surface area contributed by atoms with Crippen LogP contribution >= 0.6 is 0 Å². The van der Waals surface area contributed by atoms with Crippen molar-refractivity contribution in [2.45, 2.75) is 25.9 Å².